The van der Waals surface area contributed by atoms with E-state index in [4.69, 9.17) is 9.26 Å². The number of nitrogens with zero attached hydrogens (tertiary/aromatic N) is 3. The van der Waals surface area contributed by atoms with E-state index in [1.54, 1.807) is 25.1 Å². The summed E-state index contributed by atoms with van der Waals surface area (Å²) in [5.41, 5.74) is 5.02. The van der Waals surface area contributed by atoms with Crippen LogP contribution < -0.4 is 4.74 Å². The second-order valence-corrected chi connectivity index (χ2v) is 9.63. The molecule has 0 spiro atoms. The number of carbonyl (C=O) groups is 1. The van der Waals surface area contributed by atoms with Crippen molar-refractivity contribution in [2.24, 2.45) is 0 Å². The molecule has 1 aliphatic rings. The lowest BCUT2D eigenvalue weighted by atomic mass is 9.89. The van der Waals surface area contributed by atoms with Gasteiger partial charge in [-0.2, -0.15) is 0 Å². The normalized spacial score (nSPS) is 14.6. The molecule has 8 heteroatoms. The van der Waals surface area contributed by atoms with Crippen LogP contribution in [0, 0.1) is 13.8 Å². The van der Waals surface area contributed by atoms with Crippen LogP contribution in [-0.4, -0.2) is 46.1 Å². The smallest absolute Gasteiger partial charge is 0.256 e. The number of thioether (sulfide) groups is 1. The minimum atomic E-state index is 0.0495. The average Bonchev–Trinajstić information content (AvgIpc) is 3.44. The molecule has 5 rings (SSSR count). The Kier molecular flexibility index (Phi) is 6.32. The minimum Gasteiger partial charge on any atom is -0.497 e. The lowest BCUT2D eigenvalue weighted by molar-refractivity contribution is 0.0709. The van der Waals surface area contributed by atoms with E-state index in [2.05, 4.69) is 33.5 Å². The molecule has 34 heavy (non-hydrogen) atoms. The van der Waals surface area contributed by atoms with Crippen molar-refractivity contribution in [2.75, 3.05) is 20.2 Å². The number of hydrogen-bond donors (Lipinski definition) is 1. The van der Waals surface area contributed by atoms with Crippen LogP contribution in [-0.2, 0) is 5.75 Å². The number of rotatable bonds is 6. The zero-order valence-electron chi connectivity index (χ0n) is 19.6. The zero-order chi connectivity index (χ0) is 23.7. The highest BCUT2D eigenvalue weighted by Gasteiger charge is 2.27. The Morgan fingerprint density at radius 1 is 1.26 bits per heavy atom. The van der Waals surface area contributed by atoms with Crippen molar-refractivity contribution in [3.8, 4) is 5.75 Å². The summed E-state index contributed by atoms with van der Waals surface area (Å²) in [6, 6.07) is 9.83. The third kappa shape index (κ3) is 4.30. The Hall–Kier alpha value is -3.26. The highest BCUT2D eigenvalue weighted by Crippen LogP contribution is 2.35. The second-order valence-electron chi connectivity index (χ2n) is 8.67. The molecular formula is C26H28N4O3S. The van der Waals surface area contributed by atoms with Crippen LogP contribution in [0.5, 0.6) is 5.75 Å². The number of aromatic nitrogens is 3. The van der Waals surface area contributed by atoms with Gasteiger partial charge < -0.3 is 19.1 Å². The Labute approximate surface area is 202 Å². The summed E-state index contributed by atoms with van der Waals surface area (Å²) in [4.78, 5) is 23.3. The highest BCUT2D eigenvalue weighted by atomic mass is 32.2. The largest absolute Gasteiger partial charge is 0.497 e. The molecule has 1 amide bonds. The number of H-pyrrole nitrogens is 1. The summed E-state index contributed by atoms with van der Waals surface area (Å²) in [5.74, 6) is 2.80. The first-order chi connectivity index (χ1) is 16.5. The average molecular weight is 477 g/mol. The first-order valence-electron chi connectivity index (χ1n) is 11.5. The molecule has 4 aromatic rings. The standard InChI is InChI=1S/C26H28N4O3S/c1-16-23(17(2)33-29-16)15-34-25-20(5-4-10-27-25)26(31)30-11-8-18(9-12-30)22-14-28-24-7-6-19(32-3)13-21(22)24/h4-7,10,13-14,18,28H,8-9,11-12,15H2,1-3H3. The van der Waals surface area contributed by atoms with E-state index in [1.165, 1.54) is 10.9 Å². The van der Waals surface area contributed by atoms with Gasteiger partial charge in [0.15, 0.2) is 0 Å². The topological polar surface area (TPSA) is 84.2 Å². The van der Waals surface area contributed by atoms with Crippen molar-refractivity contribution in [3.63, 3.8) is 0 Å². The fourth-order valence-corrected chi connectivity index (χ4v) is 5.81. The molecular weight excluding hydrogens is 448 g/mol. The maximum Gasteiger partial charge on any atom is 0.256 e. The van der Waals surface area contributed by atoms with Gasteiger partial charge in [-0.25, -0.2) is 4.98 Å². The van der Waals surface area contributed by atoms with Crippen molar-refractivity contribution in [2.45, 2.75) is 43.4 Å². The Morgan fingerprint density at radius 3 is 2.82 bits per heavy atom. The van der Waals surface area contributed by atoms with E-state index < -0.39 is 0 Å². The summed E-state index contributed by atoms with van der Waals surface area (Å²) >= 11 is 1.55. The fourth-order valence-electron chi connectivity index (χ4n) is 4.67. The summed E-state index contributed by atoms with van der Waals surface area (Å²) in [6.45, 7) is 5.30. The van der Waals surface area contributed by atoms with Crippen molar-refractivity contribution in [1.82, 2.24) is 20.0 Å². The van der Waals surface area contributed by atoms with Gasteiger partial charge in [0.1, 0.15) is 16.5 Å². The number of fused-ring (bicyclic) bond motifs is 1. The van der Waals surface area contributed by atoms with Gasteiger partial charge in [-0.3, -0.25) is 4.79 Å². The lowest BCUT2D eigenvalue weighted by Crippen LogP contribution is -2.38. The molecule has 0 unspecified atom stereocenters. The molecule has 1 N–H and O–H groups in total. The van der Waals surface area contributed by atoms with Gasteiger partial charge in [0.05, 0.1) is 18.4 Å². The zero-order valence-corrected chi connectivity index (χ0v) is 20.4. The van der Waals surface area contributed by atoms with Crippen LogP contribution in [0.4, 0.5) is 0 Å². The number of ether oxygens (including phenoxy) is 1. The van der Waals surface area contributed by atoms with Crippen LogP contribution in [0.2, 0.25) is 0 Å². The number of nitrogens with one attached hydrogen (secondary N) is 1. The van der Waals surface area contributed by atoms with Gasteiger partial charge in [-0.1, -0.05) is 5.16 Å². The van der Waals surface area contributed by atoms with Crippen molar-refractivity contribution >= 4 is 28.6 Å². The molecule has 4 heterocycles. The molecule has 1 fully saturated rings. The predicted octanol–water partition coefficient (Wildman–Crippen LogP) is 5.49. The molecule has 0 radical (unpaired) electrons. The number of aryl methyl sites for hydroxylation is 2. The van der Waals surface area contributed by atoms with Gasteiger partial charge >= 0.3 is 0 Å². The third-order valence-corrected chi connectivity index (χ3v) is 7.71. The molecule has 0 bridgehead atoms. The van der Waals surface area contributed by atoms with Crippen molar-refractivity contribution in [3.05, 3.63) is 70.9 Å². The first-order valence-corrected chi connectivity index (χ1v) is 12.5. The van der Waals surface area contributed by atoms with Crippen LogP contribution in [0.25, 0.3) is 10.9 Å². The molecule has 176 valence electrons. The fraction of sp³-hybridized carbons (Fsp3) is 0.346. The van der Waals surface area contributed by atoms with E-state index in [-0.39, 0.29) is 5.91 Å². The number of aromatic amines is 1. The van der Waals surface area contributed by atoms with Gasteiger partial charge in [0.25, 0.3) is 5.91 Å². The van der Waals surface area contributed by atoms with E-state index >= 15 is 0 Å². The van der Waals surface area contributed by atoms with Crippen molar-refractivity contribution < 1.29 is 14.1 Å². The summed E-state index contributed by atoms with van der Waals surface area (Å²) < 4.78 is 10.7. The van der Waals surface area contributed by atoms with Gasteiger partial charge in [-0.15, -0.1) is 11.8 Å². The van der Waals surface area contributed by atoms with Crippen LogP contribution in [0.3, 0.4) is 0 Å². The Balaban J connectivity index is 1.28. The van der Waals surface area contributed by atoms with Gasteiger partial charge in [0.2, 0.25) is 0 Å². The highest BCUT2D eigenvalue weighted by molar-refractivity contribution is 7.98. The molecule has 1 aromatic carbocycles. The Morgan fingerprint density at radius 2 is 2.09 bits per heavy atom. The van der Waals surface area contributed by atoms with E-state index in [0.717, 1.165) is 59.2 Å². The molecule has 0 aliphatic carbocycles. The Bertz CT molecular complexity index is 1300. The number of methoxy groups -OCH3 is 1. The van der Waals surface area contributed by atoms with Gasteiger partial charge in [-0.05, 0) is 68.5 Å². The quantitative estimate of drug-likeness (QED) is 0.371. The molecule has 0 saturated carbocycles. The summed E-state index contributed by atoms with van der Waals surface area (Å²) in [6.07, 6.45) is 5.70. The summed E-state index contributed by atoms with van der Waals surface area (Å²) in [7, 11) is 1.69. The van der Waals surface area contributed by atoms with Crippen LogP contribution >= 0.6 is 11.8 Å². The second kappa shape index (κ2) is 9.54. The molecule has 1 aliphatic heterocycles. The van der Waals surface area contributed by atoms with Crippen LogP contribution in [0.15, 0.2) is 52.3 Å². The number of amides is 1. The van der Waals surface area contributed by atoms with E-state index in [9.17, 15) is 4.79 Å². The number of benzene rings is 1. The monoisotopic (exact) mass is 476 g/mol. The molecule has 0 atom stereocenters. The van der Waals surface area contributed by atoms with Crippen LogP contribution in [0.1, 0.15) is 51.7 Å². The maximum atomic E-state index is 13.4. The molecule has 7 nitrogen and oxygen atoms in total. The lowest BCUT2D eigenvalue weighted by Gasteiger charge is -2.32. The molecule has 1 saturated heterocycles. The number of likely N-dealkylation sites (tertiary alicyclic amines) is 1. The minimum absolute atomic E-state index is 0.0495. The number of hydrogen-bond acceptors (Lipinski definition) is 6. The van der Waals surface area contributed by atoms with Crippen molar-refractivity contribution in [1.29, 1.82) is 0 Å². The van der Waals surface area contributed by atoms with E-state index in [1.807, 2.05) is 36.9 Å². The molecule has 3 aromatic heterocycles. The summed E-state index contributed by atoms with van der Waals surface area (Å²) in [5, 5.41) is 5.97. The first kappa shape index (κ1) is 22.5. The maximum absolute atomic E-state index is 13.4. The third-order valence-electron chi connectivity index (χ3n) is 6.68. The van der Waals surface area contributed by atoms with E-state index in [0.29, 0.717) is 17.2 Å². The number of piperidine rings is 1. The van der Waals surface area contributed by atoms with Gasteiger partial charge in [0, 0.05) is 47.7 Å². The predicted molar refractivity (Wildman–Crippen MR) is 133 cm³/mol. The number of carbonyl (C=O) groups excluding carboxylic acids is 1. The SMILES string of the molecule is COc1ccc2[nH]cc(C3CCN(C(=O)c4cccnc4SCc4c(C)noc4C)CC3)c2c1. The number of pyridine rings is 1.